The van der Waals surface area contributed by atoms with Gasteiger partial charge < -0.3 is 14.2 Å². The SMILES string of the molecule is CC/C=C\C/C=C\C/C=C\CCCCCCCC(=O)OC(COC(=O)CCCCCCC/C=C\C/C=C\CCCCC)COC(=O)CCCCCCCCCCCCCCCCCCC. The number of hydrogen-bond acceptors (Lipinski definition) is 6. The number of unbranched alkanes of at least 4 members (excludes halogenated alkanes) is 29. The first-order valence-electron chi connectivity index (χ1n) is 27.8. The maximum atomic E-state index is 12.8. The summed E-state index contributed by atoms with van der Waals surface area (Å²) < 4.78 is 16.8. The third kappa shape index (κ3) is 51.9. The van der Waals surface area contributed by atoms with E-state index in [1.165, 1.54) is 122 Å². The quantitative estimate of drug-likeness (QED) is 0.0262. The maximum Gasteiger partial charge on any atom is 0.306 e. The molecule has 1 atom stereocenters. The minimum Gasteiger partial charge on any atom is -0.462 e. The summed E-state index contributed by atoms with van der Waals surface area (Å²) in [5.41, 5.74) is 0. The summed E-state index contributed by atoms with van der Waals surface area (Å²) in [7, 11) is 0. The Labute approximate surface area is 402 Å². The van der Waals surface area contributed by atoms with Crippen LogP contribution in [0.1, 0.15) is 278 Å². The molecule has 0 aliphatic heterocycles. The van der Waals surface area contributed by atoms with E-state index in [2.05, 4.69) is 81.5 Å². The summed E-state index contributed by atoms with van der Waals surface area (Å²) in [5.74, 6) is -0.905. The Kier molecular flexibility index (Phi) is 51.3. The van der Waals surface area contributed by atoms with Crippen molar-refractivity contribution in [1.82, 2.24) is 0 Å². The van der Waals surface area contributed by atoms with Crippen molar-refractivity contribution in [1.29, 1.82) is 0 Å². The summed E-state index contributed by atoms with van der Waals surface area (Å²) in [6.07, 6.45) is 66.3. The van der Waals surface area contributed by atoms with Crippen LogP contribution < -0.4 is 0 Å². The summed E-state index contributed by atoms with van der Waals surface area (Å²) in [5, 5.41) is 0. The molecule has 0 aromatic carbocycles. The van der Waals surface area contributed by atoms with Crippen molar-refractivity contribution in [2.45, 2.75) is 284 Å². The number of esters is 3. The second-order valence-corrected chi connectivity index (χ2v) is 18.5. The first-order valence-corrected chi connectivity index (χ1v) is 27.8. The van der Waals surface area contributed by atoms with Crippen LogP contribution >= 0.6 is 0 Å². The number of rotatable bonds is 50. The fourth-order valence-corrected chi connectivity index (χ4v) is 7.84. The molecule has 0 saturated carbocycles. The van der Waals surface area contributed by atoms with Gasteiger partial charge >= 0.3 is 17.9 Å². The normalized spacial score (nSPS) is 12.5. The van der Waals surface area contributed by atoms with E-state index in [4.69, 9.17) is 14.2 Å². The highest BCUT2D eigenvalue weighted by Gasteiger charge is 2.19. The first-order chi connectivity index (χ1) is 32.0. The molecule has 0 aliphatic rings. The summed E-state index contributed by atoms with van der Waals surface area (Å²) in [6, 6.07) is 0. The van der Waals surface area contributed by atoms with Crippen LogP contribution in [0.25, 0.3) is 0 Å². The molecule has 0 bridgehead atoms. The molecule has 6 nitrogen and oxygen atoms in total. The number of ether oxygens (including phenoxy) is 3. The van der Waals surface area contributed by atoms with Crippen LogP contribution in [0.15, 0.2) is 60.8 Å². The molecule has 0 spiro atoms. The van der Waals surface area contributed by atoms with Crippen molar-refractivity contribution in [2.24, 2.45) is 0 Å². The molecule has 0 saturated heterocycles. The van der Waals surface area contributed by atoms with Crippen LogP contribution in [0.2, 0.25) is 0 Å². The van der Waals surface area contributed by atoms with Crippen molar-refractivity contribution in [3.05, 3.63) is 60.8 Å². The van der Waals surface area contributed by atoms with Crippen molar-refractivity contribution in [3.8, 4) is 0 Å². The summed E-state index contributed by atoms with van der Waals surface area (Å²) in [4.78, 5) is 38.1. The van der Waals surface area contributed by atoms with E-state index in [1.54, 1.807) is 0 Å². The van der Waals surface area contributed by atoms with Gasteiger partial charge in [0.1, 0.15) is 13.2 Å². The lowest BCUT2D eigenvalue weighted by Crippen LogP contribution is -2.30. The molecule has 0 rings (SSSR count). The van der Waals surface area contributed by atoms with E-state index in [0.717, 1.165) is 116 Å². The van der Waals surface area contributed by atoms with E-state index in [1.807, 2.05) is 0 Å². The fourth-order valence-electron chi connectivity index (χ4n) is 7.84. The highest BCUT2D eigenvalue weighted by molar-refractivity contribution is 5.71. The highest BCUT2D eigenvalue weighted by atomic mass is 16.6. The van der Waals surface area contributed by atoms with Gasteiger partial charge in [0.2, 0.25) is 0 Å². The van der Waals surface area contributed by atoms with E-state index in [-0.39, 0.29) is 31.1 Å². The monoisotopic (exact) mass is 909 g/mol. The molecule has 0 amide bonds. The maximum absolute atomic E-state index is 12.8. The molecular formula is C59H104O6. The van der Waals surface area contributed by atoms with Crippen molar-refractivity contribution in [2.75, 3.05) is 13.2 Å². The van der Waals surface area contributed by atoms with Gasteiger partial charge in [0, 0.05) is 19.3 Å². The van der Waals surface area contributed by atoms with Gasteiger partial charge in [0.05, 0.1) is 0 Å². The van der Waals surface area contributed by atoms with Crippen molar-refractivity contribution in [3.63, 3.8) is 0 Å². The molecule has 0 heterocycles. The Morgan fingerprint density at radius 3 is 0.969 bits per heavy atom. The highest BCUT2D eigenvalue weighted by Crippen LogP contribution is 2.16. The Morgan fingerprint density at radius 2 is 0.600 bits per heavy atom. The third-order valence-corrected chi connectivity index (χ3v) is 12.0. The molecule has 0 aliphatic carbocycles. The van der Waals surface area contributed by atoms with Gasteiger partial charge in [0.15, 0.2) is 6.10 Å². The van der Waals surface area contributed by atoms with Crippen molar-refractivity contribution < 1.29 is 28.6 Å². The zero-order valence-corrected chi connectivity index (χ0v) is 43.0. The van der Waals surface area contributed by atoms with Crippen LogP contribution in [0, 0.1) is 0 Å². The number of carbonyl (C=O) groups excluding carboxylic acids is 3. The van der Waals surface area contributed by atoms with E-state index >= 15 is 0 Å². The molecule has 1 unspecified atom stereocenters. The standard InChI is InChI=1S/C59H104O6/c1-4-7-10-13-16-19-22-25-28-29-32-34-37-40-43-46-49-52-58(61)64-55-56(65-59(62)53-50-47-44-41-38-35-31-27-24-21-18-15-12-9-6-3)54-63-57(60)51-48-45-42-39-36-33-30-26-23-20-17-14-11-8-5-2/h9,12,17-18,20-21,26-27,30-31,56H,4-8,10-11,13-16,19,22-25,28-29,32-55H2,1-3H3/b12-9-,20-17-,21-18-,30-26-,31-27-. The molecule has 0 N–H and O–H groups in total. The molecule has 6 heteroatoms. The zero-order valence-electron chi connectivity index (χ0n) is 43.0. The largest absolute Gasteiger partial charge is 0.462 e. The summed E-state index contributed by atoms with van der Waals surface area (Å²) >= 11 is 0. The average molecular weight is 909 g/mol. The lowest BCUT2D eigenvalue weighted by molar-refractivity contribution is -0.167. The lowest BCUT2D eigenvalue weighted by Gasteiger charge is -2.18. The molecule has 376 valence electrons. The van der Waals surface area contributed by atoms with Crippen LogP contribution in [-0.2, 0) is 28.6 Å². The lowest BCUT2D eigenvalue weighted by atomic mass is 10.0. The zero-order chi connectivity index (χ0) is 47.2. The second-order valence-electron chi connectivity index (χ2n) is 18.5. The Bertz CT molecular complexity index is 1180. The molecule has 0 aromatic heterocycles. The van der Waals surface area contributed by atoms with Gasteiger partial charge in [-0.1, -0.05) is 236 Å². The van der Waals surface area contributed by atoms with E-state index in [9.17, 15) is 14.4 Å². The molecule has 0 aromatic rings. The van der Waals surface area contributed by atoms with E-state index < -0.39 is 6.10 Å². The topological polar surface area (TPSA) is 78.9 Å². The van der Waals surface area contributed by atoms with Gasteiger partial charge in [-0.25, -0.2) is 0 Å². The van der Waals surface area contributed by atoms with Crippen LogP contribution in [0.3, 0.4) is 0 Å². The predicted octanol–water partition coefficient (Wildman–Crippen LogP) is 18.4. The molecule has 0 fully saturated rings. The van der Waals surface area contributed by atoms with Gasteiger partial charge in [0.25, 0.3) is 0 Å². The Morgan fingerprint density at radius 1 is 0.323 bits per heavy atom. The van der Waals surface area contributed by atoms with Crippen LogP contribution in [0.4, 0.5) is 0 Å². The Balaban J connectivity index is 4.40. The molecular weight excluding hydrogens is 805 g/mol. The number of allylic oxidation sites excluding steroid dienone is 10. The van der Waals surface area contributed by atoms with Gasteiger partial charge in [-0.2, -0.15) is 0 Å². The smallest absolute Gasteiger partial charge is 0.306 e. The minimum absolute atomic E-state index is 0.0836. The summed E-state index contributed by atoms with van der Waals surface area (Å²) in [6.45, 7) is 6.50. The Hall–Kier alpha value is -2.89. The molecule has 0 radical (unpaired) electrons. The van der Waals surface area contributed by atoms with Crippen LogP contribution in [0.5, 0.6) is 0 Å². The number of carbonyl (C=O) groups is 3. The van der Waals surface area contributed by atoms with E-state index in [0.29, 0.717) is 19.3 Å². The minimum atomic E-state index is -0.787. The van der Waals surface area contributed by atoms with Gasteiger partial charge in [-0.3, -0.25) is 14.4 Å². The van der Waals surface area contributed by atoms with Gasteiger partial charge in [-0.15, -0.1) is 0 Å². The second kappa shape index (κ2) is 53.7. The van der Waals surface area contributed by atoms with Crippen LogP contribution in [-0.4, -0.2) is 37.2 Å². The average Bonchev–Trinajstić information content (AvgIpc) is 3.30. The fraction of sp³-hybridized carbons (Fsp3) is 0.780. The molecule has 65 heavy (non-hydrogen) atoms. The third-order valence-electron chi connectivity index (χ3n) is 12.0. The predicted molar refractivity (Wildman–Crippen MR) is 279 cm³/mol. The van der Waals surface area contributed by atoms with Crippen molar-refractivity contribution >= 4 is 17.9 Å². The van der Waals surface area contributed by atoms with Gasteiger partial charge in [-0.05, 0) is 83.5 Å². The number of hydrogen-bond donors (Lipinski definition) is 0. The first kappa shape index (κ1) is 62.1.